The van der Waals surface area contributed by atoms with Crippen LogP contribution in [0.25, 0.3) is 11.1 Å². The first kappa shape index (κ1) is 21.6. The Morgan fingerprint density at radius 1 is 1.12 bits per heavy atom. The molecule has 2 amide bonds. The molecule has 8 nitrogen and oxygen atoms in total. The van der Waals surface area contributed by atoms with E-state index in [2.05, 4.69) is 15.7 Å². The summed E-state index contributed by atoms with van der Waals surface area (Å²) in [5, 5.41) is 10.4. The predicted octanol–water partition coefficient (Wildman–Crippen LogP) is 3.84. The monoisotopic (exact) mass is 434 g/mol. The third-order valence-electron chi connectivity index (χ3n) is 5.45. The van der Waals surface area contributed by atoms with E-state index in [4.69, 9.17) is 9.47 Å². The summed E-state index contributed by atoms with van der Waals surface area (Å²) in [6.45, 7) is 4.24. The average Bonchev–Trinajstić information content (AvgIpc) is 3.24. The highest BCUT2D eigenvalue weighted by Gasteiger charge is 2.37. The van der Waals surface area contributed by atoms with Crippen molar-refractivity contribution in [3.05, 3.63) is 59.3 Å². The Balaban J connectivity index is 1.62. The first-order valence-corrected chi connectivity index (χ1v) is 10.3. The van der Waals surface area contributed by atoms with E-state index in [-0.39, 0.29) is 18.2 Å². The number of hydrogen-bond donors (Lipinski definition) is 2. The first-order valence-electron chi connectivity index (χ1n) is 10.3. The van der Waals surface area contributed by atoms with Crippen LogP contribution in [0.1, 0.15) is 29.3 Å². The highest BCUT2D eigenvalue weighted by atomic mass is 16.5. The molecule has 0 saturated heterocycles. The van der Waals surface area contributed by atoms with Crippen LogP contribution >= 0.6 is 0 Å². The quantitative estimate of drug-likeness (QED) is 0.589. The number of carbonyl (C=O) groups excluding carboxylic acids is 2. The Kier molecular flexibility index (Phi) is 5.96. The summed E-state index contributed by atoms with van der Waals surface area (Å²) < 4.78 is 12.3. The molecular weight excluding hydrogens is 408 g/mol. The Bertz CT molecular complexity index is 1170. The molecule has 1 aliphatic heterocycles. The van der Waals surface area contributed by atoms with Crippen LogP contribution < -0.4 is 15.4 Å². The number of fused-ring (bicyclic) bond motifs is 1. The minimum absolute atomic E-state index is 0.0582. The van der Waals surface area contributed by atoms with Crippen LogP contribution in [-0.2, 0) is 20.9 Å². The molecule has 2 N–H and O–H groups in total. The first-order chi connectivity index (χ1) is 15.4. The van der Waals surface area contributed by atoms with E-state index in [1.54, 1.807) is 25.0 Å². The van der Waals surface area contributed by atoms with Crippen LogP contribution in [0.4, 0.5) is 11.5 Å². The fourth-order valence-electron chi connectivity index (χ4n) is 3.87. The minimum Gasteiger partial charge on any atom is -0.495 e. The zero-order valence-electron chi connectivity index (χ0n) is 18.6. The van der Waals surface area contributed by atoms with Crippen LogP contribution in [-0.4, -0.2) is 35.8 Å². The molecule has 2 aromatic carbocycles. The highest BCUT2D eigenvalue weighted by molar-refractivity contribution is 6.04. The summed E-state index contributed by atoms with van der Waals surface area (Å²) in [6, 6.07) is 12.8. The molecule has 0 radical (unpaired) electrons. The van der Waals surface area contributed by atoms with E-state index in [1.165, 1.54) is 0 Å². The maximum atomic E-state index is 12.8. The minimum atomic E-state index is -0.754. The summed E-state index contributed by atoms with van der Waals surface area (Å²) in [7, 11) is 3.15. The molecule has 1 aliphatic rings. The Hall–Kier alpha value is -3.65. The van der Waals surface area contributed by atoms with Gasteiger partial charge in [-0.2, -0.15) is 5.10 Å². The number of methoxy groups -OCH3 is 2. The van der Waals surface area contributed by atoms with Gasteiger partial charge < -0.3 is 20.1 Å². The van der Waals surface area contributed by atoms with Gasteiger partial charge in [0, 0.05) is 12.7 Å². The van der Waals surface area contributed by atoms with Crippen LogP contribution in [0, 0.1) is 13.8 Å². The second-order valence-electron chi connectivity index (χ2n) is 7.87. The lowest BCUT2D eigenvalue weighted by Crippen LogP contribution is -2.24. The maximum absolute atomic E-state index is 12.8. The van der Waals surface area contributed by atoms with Crippen LogP contribution in [0.5, 0.6) is 5.75 Å². The molecule has 0 bridgehead atoms. The lowest BCUT2D eigenvalue weighted by Gasteiger charge is -2.13. The summed E-state index contributed by atoms with van der Waals surface area (Å²) in [6.07, 6.45) is -0.0582. The van der Waals surface area contributed by atoms with Gasteiger partial charge in [-0.25, -0.2) is 4.68 Å². The van der Waals surface area contributed by atoms with Gasteiger partial charge in [0.15, 0.2) is 0 Å². The maximum Gasteiger partial charge on any atom is 0.251 e. The molecule has 0 spiro atoms. The van der Waals surface area contributed by atoms with Crippen molar-refractivity contribution < 1.29 is 19.1 Å². The topological polar surface area (TPSA) is 94.5 Å². The Morgan fingerprint density at radius 2 is 1.84 bits per heavy atom. The van der Waals surface area contributed by atoms with E-state index in [1.807, 2.05) is 50.2 Å². The molecule has 32 heavy (non-hydrogen) atoms. The molecule has 4 rings (SSSR count). The Labute approximate surface area is 186 Å². The van der Waals surface area contributed by atoms with Crippen molar-refractivity contribution >= 4 is 23.3 Å². The molecule has 2 heterocycles. The average molecular weight is 434 g/mol. The third kappa shape index (κ3) is 4.09. The van der Waals surface area contributed by atoms with Gasteiger partial charge in [-0.3, -0.25) is 9.59 Å². The number of benzene rings is 2. The van der Waals surface area contributed by atoms with Crippen molar-refractivity contribution in [2.45, 2.75) is 32.9 Å². The summed E-state index contributed by atoms with van der Waals surface area (Å²) in [5.41, 5.74) is 5.13. The standard InChI is InChI=1S/C24H26N4O4/c1-14-5-8-16(9-6-14)22-18(13-31-3)27-28-19(24(30)26-23(22)28)12-21(29)25-17-11-15(2)7-10-20(17)32-4/h5-11,19H,12-13H2,1-4H3,(H,25,29)(H,26,30). The highest BCUT2D eigenvalue weighted by Crippen LogP contribution is 2.39. The van der Waals surface area contributed by atoms with Crippen molar-refractivity contribution in [3.63, 3.8) is 0 Å². The number of nitrogens with one attached hydrogen (secondary N) is 2. The number of rotatable bonds is 7. The molecule has 1 atom stereocenters. The smallest absolute Gasteiger partial charge is 0.251 e. The van der Waals surface area contributed by atoms with Gasteiger partial charge in [-0.1, -0.05) is 35.9 Å². The van der Waals surface area contributed by atoms with Crippen LogP contribution in [0.3, 0.4) is 0 Å². The van der Waals surface area contributed by atoms with Crippen LogP contribution in [0.2, 0.25) is 0 Å². The molecule has 0 fully saturated rings. The van der Waals surface area contributed by atoms with Crippen molar-refractivity contribution in [1.29, 1.82) is 0 Å². The number of ether oxygens (including phenoxy) is 2. The third-order valence-corrected chi connectivity index (χ3v) is 5.45. The second-order valence-corrected chi connectivity index (χ2v) is 7.87. The largest absolute Gasteiger partial charge is 0.495 e. The molecule has 166 valence electrons. The van der Waals surface area contributed by atoms with Gasteiger partial charge in [0.25, 0.3) is 5.91 Å². The SMILES string of the molecule is COCc1nn2c(c1-c1ccc(C)cc1)NC(=O)C2CC(=O)Nc1cc(C)ccc1OC. The number of anilines is 2. The lowest BCUT2D eigenvalue weighted by molar-refractivity contribution is -0.123. The molecule has 3 aromatic rings. The number of hydrogen-bond acceptors (Lipinski definition) is 5. The predicted molar refractivity (Wildman–Crippen MR) is 122 cm³/mol. The van der Waals surface area contributed by atoms with Crippen molar-refractivity contribution in [2.75, 3.05) is 24.9 Å². The number of aryl methyl sites for hydroxylation is 2. The second kappa shape index (κ2) is 8.84. The fourth-order valence-corrected chi connectivity index (χ4v) is 3.87. The Morgan fingerprint density at radius 3 is 2.53 bits per heavy atom. The summed E-state index contributed by atoms with van der Waals surface area (Å²) in [5.74, 6) is 0.569. The van der Waals surface area contributed by atoms with Crippen molar-refractivity contribution in [1.82, 2.24) is 9.78 Å². The lowest BCUT2D eigenvalue weighted by atomic mass is 10.0. The molecule has 1 unspecified atom stereocenters. The zero-order chi connectivity index (χ0) is 22.8. The number of aromatic nitrogens is 2. The van der Waals surface area contributed by atoms with Gasteiger partial charge in [-0.05, 0) is 37.1 Å². The molecular formula is C24H26N4O4. The van der Waals surface area contributed by atoms with Crippen molar-refractivity contribution in [2.24, 2.45) is 0 Å². The van der Waals surface area contributed by atoms with E-state index >= 15 is 0 Å². The van der Waals surface area contributed by atoms with Crippen LogP contribution in [0.15, 0.2) is 42.5 Å². The fraction of sp³-hybridized carbons (Fsp3) is 0.292. The molecule has 8 heteroatoms. The van der Waals surface area contributed by atoms with Gasteiger partial charge in [0.2, 0.25) is 5.91 Å². The summed E-state index contributed by atoms with van der Waals surface area (Å²) in [4.78, 5) is 25.6. The number of carbonyl (C=O) groups is 2. The van der Waals surface area contributed by atoms with E-state index in [0.29, 0.717) is 29.6 Å². The molecule has 1 aromatic heterocycles. The van der Waals surface area contributed by atoms with E-state index in [9.17, 15) is 9.59 Å². The van der Waals surface area contributed by atoms with Gasteiger partial charge in [-0.15, -0.1) is 0 Å². The van der Waals surface area contributed by atoms with Gasteiger partial charge >= 0.3 is 0 Å². The van der Waals surface area contributed by atoms with Gasteiger partial charge in [0.05, 0.1) is 31.5 Å². The number of nitrogens with zero attached hydrogens (tertiary/aromatic N) is 2. The summed E-state index contributed by atoms with van der Waals surface area (Å²) >= 11 is 0. The van der Waals surface area contributed by atoms with Gasteiger partial charge in [0.1, 0.15) is 17.6 Å². The normalized spacial score (nSPS) is 14.8. The van der Waals surface area contributed by atoms with Crippen molar-refractivity contribution in [3.8, 4) is 16.9 Å². The zero-order valence-corrected chi connectivity index (χ0v) is 18.6. The van der Waals surface area contributed by atoms with E-state index in [0.717, 1.165) is 22.3 Å². The molecule has 0 aliphatic carbocycles. The molecule has 0 saturated carbocycles. The number of amides is 2. The van der Waals surface area contributed by atoms with E-state index < -0.39 is 6.04 Å².